The summed E-state index contributed by atoms with van der Waals surface area (Å²) in [5, 5.41) is 6.56. The van der Waals surface area contributed by atoms with Gasteiger partial charge in [-0.15, -0.1) is 0 Å². The summed E-state index contributed by atoms with van der Waals surface area (Å²) >= 11 is 0. The molecule has 0 saturated carbocycles. The number of benzene rings is 12. The fourth-order valence-electron chi connectivity index (χ4n) is 14.4. The maximum absolute atomic E-state index is 7.08. The lowest BCUT2D eigenvalue weighted by Crippen LogP contribution is -2.32. The Morgan fingerprint density at radius 3 is 1.69 bits per heavy atom. The molecule has 0 bridgehead atoms. The maximum atomic E-state index is 7.08. The van der Waals surface area contributed by atoms with Gasteiger partial charge in [-0.2, -0.15) is 0 Å². The van der Waals surface area contributed by atoms with Crippen LogP contribution in [0.2, 0.25) is 0 Å². The molecule has 0 unspecified atom stereocenters. The quantitative estimate of drug-likeness (QED) is 0.118. The van der Waals surface area contributed by atoms with Gasteiger partial charge in [0, 0.05) is 44.6 Å². The van der Waals surface area contributed by atoms with Crippen LogP contribution in [0.25, 0.3) is 161 Å². The van der Waals surface area contributed by atoms with Crippen molar-refractivity contribution in [3.63, 3.8) is 0 Å². The minimum absolute atomic E-state index is 0.0169. The molecule has 1 aliphatic heterocycles. The van der Waals surface area contributed by atoms with Crippen LogP contribution in [0.3, 0.4) is 0 Å². The third kappa shape index (κ3) is 8.86. The highest BCUT2D eigenvalue weighted by Crippen LogP contribution is 2.49. The Morgan fingerprint density at radius 1 is 0.366 bits per heavy atom. The van der Waals surface area contributed by atoms with E-state index in [9.17, 15) is 0 Å². The first-order valence-electron chi connectivity index (χ1n) is 32.0. The van der Waals surface area contributed by atoms with Crippen LogP contribution in [0.15, 0.2) is 276 Å². The van der Waals surface area contributed by atoms with E-state index < -0.39 is 0 Å². The first-order valence-corrected chi connectivity index (χ1v) is 32.0. The van der Waals surface area contributed by atoms with Gasteiger partial charge in [0.1, 0.15) is 39.6 Å². The number of nitrogens with zero attached hydrogens (tertiary/aromatic N) is 4. The predicted molar refractivity (Wildman–Crippen MR) is 380 cm³/mol. The number of imidazole rings is 1. The Bertz CT molecular complexity index is 5940. The van der Waals surface area contributed by atoms with Crippen molar-refractivity contribution in [1.82, 2.24) is 14.1 Å². The molecule has 444 valence electrons. The highest BCUT2D eigenvalue weighted by atomic mass is 16.5. The monoisotopic (exact) mass is 1200 g/mol. The maximum Gasteiger partial charge on any atom is 0.269 e. The number of hydrogen-bond donors (Lipinski definition) is 0. The van der Waals surface area contributed by atoms with Gasteiger partial charge in [-0.25, -0.2) is 4.98 Å². The van der Waals surface area contributed by atoms with Crippen LogP contribution in [0.5, 0.6) is 11.5 Å². The van der Waals surface area contributed by atoms with Crippen molar-refractivity contribution in [2.45, 2.75) is 52.4 Å². The van der Waals surface area contributed by atoms with Crippen molar-refractivity contribution in [2.24, 2.45) is 0 Å². The van der Waals surface area contributed by atoms with Gasteiger partial charge >= 0.3 is 0 Å². The van der Waals surface area contributed by atoms with Gasteiger partial charge in [-0.3, -0.25) is 13.7 Å². The molecule has 0 aliphatic carbocycles. The van der Waals surface area contributed by atoms with Crippen molar-refractivity contribution >= 4 is 76.7 Å². The lowest BCUT2D eigenvalue weighted by atomic mass is 9.84. The van der Waals surface area contributed by atoms with Gasteiger partial charge < -0.3 is 13.6 Å². The second-order valence-electron chi connectivity index (χ2n) is 26.9. The summed E-state index contributed by atoms with van der Waals surface area (Å²) in [6.07, 6.45) is 6.06. The summed E-state index contributed by atoms with van der Waals surface area (Å²) in [6, 6.07) is 94.3. The minimum atomic E-state index is -0.0588. The molecule has 18 rings (SSSR count). The van der Waals surface area contributed by atoms with Crippen LogP contribution in [0.1, 0.15) is 52.7 Å². The minimum Gasteiger partial charge on any atom is -0.458 e. The molecule has 6 heterocycles. The number of fused-ring (bicyclic) bond motifs is 16. The highest BCUT2D eigenvalue weighted by Gasteiger charge is 2.29. The summed E-state index contributed by atoms with van der Waals surface area (Å²) in [6.45, 7) is 13.5. The summed E-state index contributed by atoms with van der Waals surface area (Å²) in [5.74, 6) is 2.26. The van der Waals surface area contributed by atoms with Crippen LogP contribution < -0.4 is 9.30 Å². The second-order valence-corrected chi connectivity index (χ2v) is 26.9. The zero-order valence-electron chi connectivity index (χ0n) is 52.4. The van der Waals surface area contributed by atoms with E-state index in [0.717, 1.165) is 161 Å². The van der Waals surface area contributed by atoms with E-state index in [1.807, 2.05) is 30.5 Å². The largest absolute Gasteiger partial charge is 0.458 e. The van der Waals surface area contributed by atoms with Crippen molar-refractivity contribution in [1.29, 1.82) is 0 Å². The first kappa shape index (κ1) is 54.4. The lowest BCUT2D eigenvalue weighted by Gasteiger charge is -2.21. The standard InChI is InChI=1S/C86H62N4O3/c1-85(2,3)57-34-29-52(30-35-57)53-31-37-65-63-19-7-8-20-64(63)74-46-56(54-32-39-80-72(44-54)68-22-10-13-27-78(68)92-80)47-77-84(74)89(83-62(24-16-25-70(83)71(65)43-53)55-33-40-81-73(45-55)69-23-11-14-28-79(69)93-81)51-88(77)59-17-15-18-60(49-59)91-61-36-38-67-66-21-9-12-26-75(66)90(76(67)50-61)82-48-58(41-42-87-82)86(4,5)6/h7-50H,1-6H3. The average Bonchev–Trinajstić information content (AvgIpc) is 1.61. The number of furan rings is 2. The normalized spacial score (nSPS) is 12.4. The van der Waals surface area contributed by atoms with Crippen LogP contribution in [-0.4, -0.2) is 14.1 Å². The summed E-state index contributed by atoms with van der Waals surface area (Å²) in [4.78, 5) is 4.98. The molecule has 93 heavy (non-hydrogen) atoms. The van der Waals surface area contributed by atoms with E-state index >= 15 is 0 Å². The Morgan fingerprint density at radius 2 is 0.935 bits per heavy atom. The molecule has 5 aromatic heterocycles. The summed E-state index contributed by atoms with van der Waals surface area (Å²) in [7, 11) is 0. The van der Waals surface area contributed by atoms with E-state index in [1.165, 1.54) is 11.1 Å². The van der Waals surface area contributed by atoms with Gasteiger partial charge in [-0.1, -0.05) is 199 Å². The lowest BCUT2D eigenvalue weighted by molar-refractivity contribution is -0.570. The summed E-state index contributed by atoms with van der Waals surface area (Å²) in [5.41, 5.74) is 25.0. The van der Waals surface area contributed by atoms with Crippen molar-refractivity contribution in [3.05, 3.63) is 285 Å². The molecule has 17 aromatic rings. The van der Waals surface area contributed by atoms with E-state index in [4.69, 9.17) is 18.6 Å². The number of para-hydroxylation sites is 4. The number of pyridine rings is 1. The molecule has 0 spiro atoms. The summed E-state index contributed by atoms with van der Waals surface area (Å²) < 4.78 is 26.9. The predicted octanol–water partition coefficient (Wildman–Crippen LogP) is 22.7. The smallest absolute Gasteiger partial charge is 0.269 e. The van der Waals surface area contributed by atoms with Crippen molar-refractivity contribution < 1.29 is 18.1 Å². The number of rotatable bonds is 7. The topological polar surface area (TPSA) is 62.1 Å². The SMILES string of the molecule is CC(C)(C)c1ccc(-c2ccc3c(c2)-c2cccc(-c4ccc5oc6ccccc6c5c4)c2-[n+]2[c-]n(-c4cccc(Oc5ccc6c7ccccc7n(-c7cc(C(C)(C)C)ccn7)c6c5)c4)c4cc(-c5ccc6oc7ccccc7c6c5)cc(c42)-c2ccccc2-3)cc1. The van der Waals surface area contributed by atoms with E-state index in [0.29, 0.717) is 11.5 Å². The second kappa shape index (κ2) is 20.5. The van der Waals surface area contributed by atoms with Gasteiger partial charge in [0.2, 0.25) is 0 Å². The third-order valence-electron chi connectivity index (χ3n) is 19.1. The molecule has 0 atom stereocenters. The number of aromatic nitrogens is 4. The molecule has 0 radical (unpaired) electrons. The molecule has 0 fully saturated rings. The Hall–Kier alpha value is -11.5. The molecule has 0 saturated heterocycles. The van der Waals surface area contributed by atoms with Crippen LogP contribution in [0, 0.1) is 6.33 Å². The Balaban J connectivity index is 0.891. The molecule has 0 amide bonds. The average molecular weight is 1200 g/mol. The Kier molecular flexibility index (Phi) is 12.0. The third-order valence-corrected chi connectivity index (χ3v) is 19.1. The first-order chi connectivity index (χ1) is 45.3. The van der Waals surface area contributed by atoms with Crippen molar-refractivity contribution in [2.75, 3.05) is 0 Å². The van der Waals surface area contributed by atoms with Crippen LogP contribution in [-0.2, 0) is 10.8 Å². The van der Waals surface area contributed by atoms with Crippen molar-refractivity contribution in [3.8, 4) is 95.5 Å². The van der Waals surface area contributed by atoms with E-state index in [1.54, 1.807) is 0 Å². The van der Waals surface area contributed by atoms with Gasteiger partial charge in [0.25, 0.3) is 6.33 Å². The van der Waals surface area contributed by atoms with Gasteiger partial charge in [-0.05, 0) is 186 Å². The van der Waals surface area contributed by atoms with Crippen LogP contribution >= 0.6 is 0 Å². The van der Waals surface area contributed by atoms with Crippen LogP contribution in [0.4, 0.5) is 0 Å². The molecule has 7 nitrogen and oxygen atoms in total. The molecular formula is C86H62N4O3. The zero-order valence-corrected chi connectivity index (χ0v) is 52.4. The fourth-order valence-corrected chi connectivity index (χ4v) is 14.4. The fraction of sp³-hybridized carbons (Fsp3) is 0.0930. The number of ether oxygens (including phenoxy) is 1. The zero-order chi connectivity index (χ0) is 62.4. The van der Waals surface area contributed by atoms with E-state index in [-0.39, 0.29) is 10.8 Å². The Labute approximate surface area is 538 Å². The van der Waals surface area contributed by atoms with Gasteiger partial charge in [0.05, 0.1) is 33.4 Å². The number of hydrogen-bond acceptors (Lipinski definition) is 4. The van der Waals surface area contributed by atoms with Gasteiger partial charge in [0.15, 0.2) is 0 Å². The molecular weight excluding hydrogens is 1140 g/mol. The molecule has 7 heteroatoms. The molecule has 0 N–H and O–H groups in total. The highest BCUT2D eigenvalue weighted by molar-refractivity contribution is 6.11. The van der Waals surface area contributed by atoms with E-state index in [2.05, 4.69) is 298 Å². The molecule has 1 aliphatic rings. The molecule has 12 aromatic carbocycles.